The smallest absolute Gasteiger partial charge is 0.355 e. The summed E-state index contributed by atoms with van der Waals surface area (Å²) >= 11 is 2.32. The summed E-state index contributed by atoms with van der Waals surface area (Å²) in [5.74, 6) is -4.22. The van der Waals surface area contributed by atoms with Crippen LogP contribution in [0, 0.1) is 5.82 Å². The molecule has 3 aromatic rings. The van der Waals surface area contributed by atoms with E-state index < -0.39 is 58.5 Å². The van der Waals surface area contributed by atoms with Crippen molar-refractivity contribution in [1.82, 2.24) is 19.8 Å². The van der Waals surface area contributed by atoms with E-state index in [0.717, 1.165) is 11.3 Å². The van der Waals surface area contributed by atoms with E-state index in [-0.39, 0.29) is 71.2 Å². The van der Waals surface area contributed by atoms with Crippen molar-refractivity contribution in [3.8, 4) is 0 Å². The number of thiazole rings is 1. The van der Waals surface area contributed by atoms with Gasteiger partial charge in [-0.2, -0.15) is 0 Å². The standard InChI is InChI=1S/C38H42FN7O11S2/c1-18-5-6-22-30-23(13-25(39)31(22)44-9-7-21(48)8-10-44)32(49)24(14-45(18)30)36(52)55-11-4-12-56-37(53)29-20(15-57-19(2)47)16-58-35-28(34(51)46(29)35)42-33(50)27(43-54-3)26-17-59-38(40)41-26/h13-14,17-18,21,28,35,48H,4-12,15-16H2,1-3H3,(H2,40,41)(H,42,50)/b43-27-/t18?,28-,35-/m1/s1. The van der Waals surface area contributed by atoms with Crippen molar-refractivity contribution in [2.24, 2.45) is 5.16 Å². The second-order valence-electron chi connectivity index (χ2n) is 14.4. The zero-order valence-corrected chi connectivity index (χ0v) is 34.0. The number of ether oxygens (including phenoxy) is 3. The Morgan fingerprint density at radius 3 is 2.51 bits per heavy atom. The summed E-state index contributed by atoms with van der Waals surface area (Å²) in [5.41, 5.74) is 6.60. The number of fused-ring (bicyclic) bond motifs is 1. The second kappa shape index (κ2) is 17.4. The predicted molar refractivity (Wildman–Crippen MR) is 213 cm³/mol. The van der Waals surface area contributed by atoms with Crippen LogP contribution in [0.4, 0.5) is 15.2 Å². The molecule has 4 aliphatic rings. The minimum Gasteiger partial charge on any atom is -0.462 e. The minimum absolute atomic E-state index is 0.0163. The van der Waals surface area contributed by atoms with E-state index in [1.165, 1.54) is 48.3 Å². The number of β-lactam (4-membered cyclic amide) rings is 1. The first-order chi connectivity index (χ1) is 28.3. The number of halogens is 1. The summed E-state index contributed by atoms with van der Waals surface area (Å²) in [6, 6.07) is 0.0245. The van der Waals surface area contributed by atoms with E-state index in [2.05, 4.69) is 15.5 Å². The topological polar surface area (TPSA) is 234 Å². The Morgan fingerprint density at radius 2 is 1.83 bits per heavy atom. The minimum atomic E-state index is -1.06. The number of carbonyl (C=O) groups is 5. The van der Waals surface area contributed by atoms with Crippen molar-refractivity contribution in [3.63, 3.8) is 0 Å². The van der Waals surface area contributed by atoms with Crippen molar-refractivity contribution in [2.75, 3.05) is 56.4 Å². The Hall–Kier alpha value is -5.54. The van der Waals surface area contributed by atoms with Gasteiger partial charge in [0.2, 0.25) is 5.43 Å². The summed E-state index contributed by atoms with van der Waals surface area (Å²) in [7, 11) is 1.24. The van der Waals surface area contributed by atoms with E-state index >= 15 is 4.39 Å². The average molecular weight is 856 g/mol. The number of nitrogen functional groups attached to an aromatic ring is 1. The highest BCUT2D eigenvalue weighted by atomic mass is 32.2. The van der Waals surface area contributed by atoms with Crippen LogP contribution in [0.15, 0.2) is 38.9 Å². The molecule has 4 aliphatic heterocycles. The quantitative estimate of drug-likeness (QED) is 0.0557. The molecule has 314 valence electrons. The number of esters is 3. The molecular weight excluding hydrogens is 814 g/mol. The van der Waals surface area contributed by atoms with E-state index in [1.54, 1.807) is 0 Å². The van der Waals surface area contributed by atoms with Crippen molar-refractivity contribution in [1.29, 1.82) is 0 Å². The van der Waals surface area contributed by atoms with Crippen LogP contribution < -0.4 is 21.4 Å². The number of piperidine rings is 1. The molecule has 2 amide bonds. The fraction of sp³-hybridized carbons (Fsp3) is 0.474. The van der Waals surface area contributed by atoms with Gasteiger partial charge in [-0.05, 0) is 38.7 Å². The Labute approximate surface area is 344 Å². The van der Waals surface area contributed by atoms with Gasteiger partial charge in [-0.15, -0.1) is 23.1 Å². The number of thioether (sulfide) groups is 1. The first-order valence-electron chi connectivity index (χ1n) is 18.9. The maximum atomic E-state index is 15.8. The molecule has 2 fully saturated rings. The lowest BCUT2D eigenvalue weighted by atomic mass is 9.93. The molecule has 0 bridgehead atoms. The monoisotopic (exact) mass is 855 g/mol. The largest absolute Gasteiger partial charge is 0.462 e. The summed E-state index contributed by atoms with van der Waals surface area (Å²) in [6.07, 6.45) is 3.26. The number of aryl methyl sites for hydroxylation is 1. The molecule has 1 aromatic carbocycles. The number of nitrogens with one attached hydrogen (secondary N) is 1. The van der Waals surface area contributed by atoms with Crippen molar-refractivity contribution in [2.45, 2.75) is 69.5 Å². The number of rotatable bonds is 13. The van der Waals surface area contributed by atoms with Gasteiger partial charge in [0.15, 0.2) is 10.8 Å². The van der Waals surface area contributed by atoms with Crippen LogP contribution in [0.1, 0.15) is 67.2 Å². The first-order valence-corrected chi connectivity index (χ1v) is 20.8. The number of hydrogen-bond donors (Lipinski definition) is 3. The molecule has 59 heavy (non-hydrogen) atoms. The van der Waals surface area contributed by atoms with Crippen LogP contribution >= 0.6 is 23.1 Å². The maximum Gasteiger partial charge on any atom is 0.355 e. The van der Waals surface area contributed by atoms with Crippen LogP contribution in [-0.4, -0.2) is 118 Å². The number of aliphatic hydroxyl groups excluding tert-OH is 1. The lowest BCUT2D eigenvalue weighted by molar-refractivity contribution is -0.153. The first kappa shape index (κ1) is 41.6. The lowest BCUT2D eigenvalue weighted by Gasteiger charge is -2.49. The number of pyridine rings is 1. The molecule has 4 N–H and O–H groups in total. The number of aromatic nitrogens is 2. The fourth-order valence-corrected chi connectivity index (χ4v) is 9.49. The zero-order chi connectivity index (χ0) is 42.1. The summed E-state index contributed by atoms with van der Waals surface area (Å²) < 4.78 is 33.6. The molecule has 21 heteroatoms. The molecule has 2 aromatic heterocycles. The number of benzene rings is 1. The molecule has 3 atom stereocenters. The van der Waals surface area contributed by atoms with Gasteiger partial charge in [0, 0.05) is 66.3 Å². The van der Waals surface area contributed by atoms with Gasteiger partial charge in [0.25, 0.3) is 11.8 Å². The SMILES string of the molecule is CO/N=C(\C(=O)N[C@@H]1C(=O)N2C(C(=O)OCCCOC(=O)c3cn4c5c(c(N6CCC(O)CC6)c(F)cc5c3=O)CCC4C)=C(COC(C)=O)CS[C@H]12)c1csc(N)n1. The molecule has 0 aliphatic carbocycles. The molecule has 6 heterocycles. The van der Waals surface area contributed by atoms with Gasteiger partial charge >= 0.3 is 17.9 Å². The number of oxime groups is 1. The van der Waals surface area contributed by atoms with Crippen molar-refractivity contribution >= 4 is 80.3 Å². The highest BCUT2D eigenvalue weighted by molar-refractivity contribution is 8.00. The third kappa shape index (κ3) is 8.22. The highest BCUT2D eigenvalue weighted by Crippen LogP contribution is 2.41. The van der Waals surface area contributed by atoms with Crippen LogP contribution in [0.2, 0.25) is 0 Å². The molecule has 0 saturated carbocycles. The fourth-order valence-electron chi connectivity index (χ4n) is 7.62. The van der Waals surface area contributed by atoms with Crippen molar-refractivity contribution in [3.05, 3.63) is 61.8 Å². The third-order valence-electron chi connectivity index (χ3n) is 10.5. The molecule has 0 spiro atoms. The predicted octanol–water partition coefficient (Wildman–Crippen LogP) is 2.01. The van der Waals surface area contributed by atoms with Crippen LogP contribution in [0.25, 0.3) is 10.9 Å². The lowest BCUT2D eigenvalue weighted by Crippen LogP contribution is -2.71. The van der Waals surface area contributed by atoms with Crippen LogP contribution in [-0.2, 0) is 44.6 Å². The summed E-state index contributed by atoms with van der Waals surface area (Å²) in [4.78, 5) is 90.7. The average Bonchev–Trinajstić information content (AvgIpc) is 3.65. The Balaban J connectivity index is 1.00. The van der Waals surface area contributed by atoms with Gasteiger partial charge in [-0.25, -0.2) is 19.0 Å². The Morgan fingerprint density at radius 1 is 1.10 bits per heavy atom. The Kier molecular flexibility index (Phi) is 12.2. The molecule has 1 unspecified atom stereocenters. The third-order valence-corrected chi connectivity index (χ3v) is 12.5. The number of nitrogens with two attached hydrogens (primary N) is 1. The Bertz CT molecular complexity index is 2340. The summed E-state index contributed by atoms with van der Waals surface area (Å²) in [6.45, 7) is 3.33. The molecule has 7 rings (SSSR count). The molecule has 0 radical (unpaired) electrons. The van der Waals surface area contributed by atoms with Crippen LogP contribution in [0.5, 0.6) is 0 Å². The van der Waals surface area contributed by atoms with Gasteiger partial charge in [0.05, 0.1) is 30.5 Å². The number of nitrogens with zero attached hydrogens (tertiary/aromatic N) is 5. The number of anilines is 2. The van der Waals surface area contributed by atoms with E-state index in [1.807, 2.05) is 16.4 Å². The van der Waals surface area contributed by atoms with Crippen LogP contribution in [0.3, 0.4) is 0 Å². The maximum absolute atomic E-state index is 15.8. The van der Waals surface area contributed by atoms with E-state index in [4.69, 9.17) is 24.8 Å². The number of carbonyl (C=O) groups excluding carboxylic acids is 5. The van der Waals surface area contributed by atoms with Gasteiger partial charge in [-0.1, -0.05) is 5.16 Å². The zero-order valence-electron chi connectivity index (χ0n) is 32.4. The number of hydrogen-bond acceptors (Lipinski definition) is 17. The normalized spacial score (nSPS) is 20.5. The van der Waals surface area contributed by atoms with E-state index in [9.17, 15) is 33.9 Å². The molecule has 18 nitrogen and oxygen atoms in total. The number of amides is 2. The molecule has 2 saturated heterocycles. The van der Waals surface area contributed by atoms with Gasteiger partial charge < -0.3 is 44.7 Å². The van der Waals surface area contributed by atoms with E-state index in [0.29, 0.717) is 61.1 Å². The number of aliphatic hydroxyl groups is 1. The second-order valence-corrected chi connectivity index (χ2v) is 16.4. The van der Waals surface area contributed by atoms with Gasteiger partial charge in [-0.3, -0.25) is 24.1 Å². The highest BCUT2D eigenvalue weighted by Gasteiger charge is 2.55. The van der Waals surface area contributed by atoms with Crippen molar-refractivity contribution < 1.29 is 52.5 Å². The summed E-state index contributed by atoms with van der Waals surface area (Å²) in [5, 5.41) is 17.4. The van der Waals surface area contributed by atoms with Gasteiger partial charge in [0.1, 0.15) is 47.9 Å². The molecular formula is C38H42FN7O11S2.